The Morgan fingerprint density at radius 1 is 1.24 bits per heavy atom. The molecule has 0 fully saturated rings. The van der Waals surface area contributed by atoms with Crippen molar-refractivity contribution in [3.05, 3.63) is 69.3 Å². The second-order valence-corrected chi connectivity index (χ2v) is 6.06. The summed E-state index contributed by atoms with van der Waals surface area (Å²) in [5.41, 5.74) is 9.80. The predicted molar refractivity (Wildman–Crippen MR) is 86.7 cm³/mol. The monoisotopic (exact) mass is 302 g/mol. The highest BCUT2D eigenvalue weighted by Crippen LogP contribution is 2.31. The van der Waals surface area contributed by atoms with Gasteiger partial charge in [0.25, 0.3) is 5.69 Å². The molecule has 0 amide bonds. The van der Waals surface area contributed by atoms with Gasteiger partial charge in [0.05, 0.1) is 9.82 Å². The van der Waals surface area contributed by atoms with Crippen molar-refractivity contribution in [2.45, 2.75) is 24.8 Å². The molecule has 0 radical (unpaired) electrons. The van der Waals surface area contributed by atoms with Crippen LogP contribution < -0.4 is 5.73 Å². The van der Waals surface area contributed by atoms with Crippen LogP contribution >= 0.6 is 11.8 Å². The smallest absolute Gasteiger partial charge is 0.282 e. The lowest BCUT2D eigenvalue weighted by molar-refractivity contribution is -0.387. The molecule has 0 heterocycles. The van der Waals surface area contributed by atoms with E-state index >= 15 is 0 Å². The number of nitrogens with two attached hydrogens (primary N) is 1. The van der Waals surface area contributed by atoms with Gasteiger partial charge < -0.3 is 5.73 Å². The highest BCUT2D eigenvalue weighted by Gasteiger charge is 2.15. The third-order valence-electron chi connectivity index (χ3n) is 3.31. The maximum absolute atomic E-state index is 11.0. The van der Waals surface area contributed by atoms with E-state index in [4.69, 9.17) is 5.73 Å². The standard InChI is InChI=1S/C16H18N2O2S/c1-11-7-8-12(2)13(9-11)14(17)10-21-16-6-4-3-5-15(16)18(19)20/h3-9,14H,10,17H2,1-2H3. The molecule has 2 rings (SSSR count). The maximum Gasteiger partial charge on any atom is 0.282 e. The van der Waals surface area contributed by atoms with Gasteiger partial charge >= 0.3 is 0 Å². The second kappa shape index (κ2) is 6.74. The first kappa shape index (κ1) is 15.5. The number of para-hydroxylation sites is 1. The summed E-state index contributed by atoms with van der Waals surface area (Å²) < 4.78 is 0. The molecule has 0 saturated carbocycles. The number of nitro benzene ring substituents is 1. The fourth-order valence-corrected chi connectivity index (χ4v) is 3.16. The average Bonchev–Trinajstić information content (AvgIpc) is 2.47. The summed E-state index contributed by atoms with van der Waals surface area (Å²) in [5, 5.41) is 11.0. The number of aryl methyl sites for hydroxylation is 2. The topological polar surface area (TPSA) is 69.2 Å². The van der Waals surface area contributed by atoms with Crippen molar-refractivity contribution in [2.75, 3.05) is 5.75 Å². The molecule has 0 aliphatic heterocycles. The zero-order valence-electron chi connectivity index (χ0n) is 12.1. The van der Waals surface area contributed by atoms with Crippen LogP contribution in [0, 0.1) is 24.0 Å². The van der Waals surface area contributed by atoms with Crippen LogP contribution in [0.2, 0.25) is 0 Å². The summed E-state index contributed by atoms with van der Waals surface area (Å²) in [7, 11) is 0. The molecular formula is C16H18N2O2S. The summed E-state index contributed by atoms with van der Waals surface area (Å²) in [6.07, 6.45) is 0. The molecule has 110 valence electrons. The lowest BCUT2D eigenvalue weighted by Gasteiger charge is -2.15. The van der Waals surface area contributed by atoms with E-state index in [1.54, 1.807) is 18.2 Å². The first-order chi connectivity index (χ1) is 9.99. The molecule has 5 heteroatoms. The van der Waals surface area contributed by atoms with Crippen LogP contribution in [0.4, 0.5) is 5.69 Å². The molecule has 0 saturated heterocycles. The third kappa shape index (κ3) is 3.83. The first-order valence-corrected chi connectivity index (χ1v) is 7.66. The Kier molecular flexibility index (Phi) is 4.98. The average molecular weight is 302 g/mol. The van der Waals surface area contributed by atoms with E-state index < -0.39 is 0 Å². The van der Waals surface area contributed by atoms with Crippen LogP contribution in [0.5, 0.6) is 0 Å². The van der Waals surface area contributed by atoms with Gasteiger partial charge in [-0.25, -0.2) is 0 Å². The Morgan fingerprint density at radius 3 is 2.67 bits per heavy atom. The minimum atomic E-state index is -0.355. The zero-order chi connectivity index (χ0) is 15.4. The Hall–Kier alpha value is -1.85. The normalized spacial score (nSPS) is 12.1. The second-order valence-electron chi connectivity index (χ2n) is 5.00. The number of rotatable bonds is 5. The largest absolute Gasteiger partial charge is 0.323 e. The molecule has 1 unspecified atom stereocenters. The summed E-state index contributed by atoms with van der Waals surface area (Å²) in [4.78, 5) is 11.3. The maximum atomic E-state index is 11.0. The SMILES string of the molecule is Cc1ccc(C)c(C(N)CSc2ccccc2[N+](=O)[O-])c1. The van der Waals surface area contributed by atoms with Gasteiger partial charge in [0.2, 0.25) is 0 Å². The van der Waals surface area contributed by atoms with Crippen molar-refractivity contribution in [1.29, 1.82) is 0 Å². The molecule has 2 N–H and O–H groups in total. The number of hydrogen-bond donors (Lipinski definition) is 1. The van der Waals surface area contributed by atoms with Crippen molar-refractivity contribution in [1.82, 2.24) is 0 Å². The predicted octanol–water partition coefficient (Wildman–Crippen LogP) is 4.00. The molecule has 0 aliphatic carbocycles. The molecule has 21 heavy (non-hydrogen) atoms. The highest BCUT2D eigenvalue weighted by atomic mass is 32.2. The van der Waals surface area contributed by atoms with Crippen LogP contribution in [0.15, 0.2) is 47.4 Å². The van der Waals surface area contributed by atoms with Crippen molar-refractivity contribution >= 4 is 17.4 Å². The molecule has 2 aromatic carbocycles. The van der Waals surface area contributed by atoms with Gasteiger partial charge in [-0.15, -0.1) is 11.8 Å². The summed E-state index contributed by atoms with van der Waals surface area (Å²) in [6, 6.07) is 12.8. The lowest BCUT2D eigenvalue weighted by Crippen LogP contribution is -2.14. The van der Waals surface area contributed by atoms with Gasteiger partial charge in [0, 0.05) is 17.9 Å². The van der Waals surface area contributed by atoms with Crippen molar-refractivity contribution in [2.24, 2.45) is 5.73 Å². The van der Waals surface area contributed by atoms with E-state index in [0.717, 1.165) is 11.1 Å². The Labute approximate surface area is 128 Å². The Balaban J connectivity index is 2.13. The first-order valence-electron chi connectivity index (χ1n) is 6.68. The van der Waals surface area contributed by atoms with E-state index in [1.165, 1.54) is 23.4 Å². The van der Waals surface area contributed by atoms with Gasteiger partial charge in [-0.2, -0.15) is 0 Å². The molecule has 0 aliphatic rings. The van der Waals surface area contributed by atoms with Gasteiger partial charge in [-0.1, -0.05) is 35.9 Å². The summed E-state index contributed by atoms with van der Waals surface area (Å²) >= 11 is 1.43. The number of nitro groups is 1. The Bertz CT molecular complexity index is 658. The van der Waals surface area contributed by atoms with E-state index in [0.29, 0.717) is 10.6 Å². The summed E-state index contributed by atoms with van der Waals surface area (Å²) in [6.45, 7) is 4.06. The fourth-order valence-electron chi connectivity index (χ4n) is 2.16. The van der Waals surface area contributed by atoms with Crippen LogP contribution in [-0.2, 0) is 0 Å². The minimum absolute atomic E-state index is 0.135. The molecule has 0 bridgehead atoms. The van der Waals surface area contributed by atoms with Crippen molar-refractivity contribution in [3.8, 4) is 0 Å². The molecule has 0 spiro atoms. The van der Waals surface area contributed by atoms with Crippen LogP contribution in [0.1, 0.15) is 22.7 Å². The fraction of sp³-hybridized carbons (Fsp3) is 0.250. The van der Waals surface area contributed by atoms with Crippen LogP contribution in [0.3, 0.4) is 0 Å². The number of thioether (sulfide) groups is 1. The van der Waals surface area contributed by atoms with E-state index in [9.17, 15) is 10.1 Å². The number of benzene rings is 2. The van der Waals surface area contributed by atoms with Gasteiger partial charge in [-0.3, -0.25) is 10.1 Å². The third-order valence-corrected chi connectivity index (χ3v) is 4.50. The molecule has 1 atom stereocenters. The van der Waals surface area contributed by atoms with Crippen molar-refractivity contribution in [3.63, 3.8) is 0 Å². The number of nitrogens with zero attached hydrogens (tertiary/aromatic N) is 1. The lowest BCUT2D eigenvalue weighted by atomic mass is 10.0. The summed E-state index contributed by atoms with van der Waals surface area (Å²) in [5.74, 6) is 0.606. The Morgan fingerprint density at radius 2 is 1.95 bits per heavy atom. The van der Waals surface area contributed by atoms with Gasteiger partial charge in [0.15, 0.2) is 0 Å². The highest BCUT2D eigenvalue weighted by molar-refractivity contribution is 7.99. The van der Waals surface area contributed by atoms with Gasteiger partial charge in [-0.05, 0) is 31.0 Å². The van der Waals surface area contributed by atoms with Crippen molar-refractivity contribution < 1.29 is 4.92 Å². The van der Waals surface area contributed by atoms with Crippen LogP contribution in [-0.4, -0.2) is 10.7 Å². The molecule has 0 aromatic heterocycles. The van der Waals surface area contributed by atoms with E-state index in [-0.39, 0.29) is 16.7 Å². The van der Waals surface area contributed by atoms with E-state index in [2.05, 4.69) is 18.2 Å². The van der Waals surface area contributed by atoms with E-state index in [1.807, 2.05) is 13.8 Å². The van der Waals surface area contributed by atoms with Gasteiger partial charge in [0.1, 0.15) is 0 Å². The zero-order valence-corrected chi connectivity index (χ0v) is 12.9. The molecular weight excluding hydrogens is 284 g/mol. The molecule has 4 nitrogen and oxygen atoms in total. The molecule has 2 aromatic rings. The minimum Gasteiger partial charge on any atom is -0.323 e. The van der Waals surface area contributed by atoms with Crippen LogP contribution in [0.25, 0.3) is 0 Å². The quantitative estimate of drug-likeness (QED) is 0.515. The number of hydrogen-bond acceptors (Lipinski definition) is 4.